The van der Waals surface area contributed by atoms with Gasteiger partial charge in [-0.25, -0.2) is 0 Å². The van der Waals surface area contributed by atoms with E-state index in [0.717, 1.165) is 37.9 Å². The van der Waals surface area contributed by atoms with Crippen LogP contribution < -0.4 is 0 Å². The highest BCUT2D eigenvalue weighted by atomic mass is 16.5. The summed E-state index contributed by atoms with van der Waals surface area (Å²) in [7, 11) is 0. The van der Waals surface area contributed by atoms with E-state index in [-0.39, 0.29) is 16.8 Å². The topological polar surface area (TPSA) is 43.4 Å². The minimum atomic E-state index is -0.245. The van der Waals surface area contributed by atoms with E-state index in [0.29, 0.717) is 29.5 Å². The first-order valence-electron chi connectivity index (χ1n) is 9.95. The highest BCUT2D eigenvalue weighted by Gasteiger charge is 2.60. The highest BCUT2D eigenvalue weighted by molar-refractivity contribution is 5.87. The van der Waals surface area contributed by atoms with Gasteiger partial charge in [0.1, 0.15) is 11.5 Å². The van der Waals surface area contributed by atoms with Gasteiger partial charge < -0.3 is 4.74 Å². The summed E-state index contributed by atoms with van der Waals surface area (Å²) in [6.07, 6.45) is 7.30. The molecule has 0 heterocycles. The summed E-state index contributed by atoms with van der Waals surface area (Å²) in [5.41, 5.74) is 4.75. The van der Waals surface area contributed by atoms with E-state index >= 15 is 0 Å². The van der Waals surface area contributed by atoms with Gasteiger partial charge in [-0.3, -0.25) is 9.59 Å². The van der Waals surface area contributed by atoms with Crippen LogP contribution in [0.25, 0.3) is 0 Å². The van der Waals surface area contributed by atoms with Crippen LogP contribution in [0.15, 0.2) is 17.1 Å². The van der Waals surface area contributed by atoms with Crippen molar-refractivity contribution in [1.29, 1.82) is 0 Å². The number of ketones is 1. The lowest BCUT2D eigenvalue weighted by Crippen LogP contribution is -2.53. The monoisotopic (exact) mass is 342 g/mol. The van der Waals surface area contributed by atoms with Gasteiger partial charge in [-0.05, 0) is 68.3 Å². The Hall–Kier alpha value is -1.34. The van der Waals surface area contributed by atoms with Crippen LogP contribution >= 0.6 is 0 Å². The molecular formula is C22H30O3. The fraction of sp³-hybridized carbons (Fsp3) is 0.773. The molecule has 4 aliphatic carbocycles. The van der Waals surface area contributed by atoms with Gasteiger partial charge in [0.05, 0.1) is 0 Å². The van der Waals surface area contributed by atoms with Crippen LogP contribution in [0, 0.1) is 34.5 Å². The second-order valence-electron chi connectivity index (χ2n) is 9.32. The van der Waals surface area contributed by atoms with Crippen molar-refractivity contribution in [2.24, 2.45) is 34.5 Å². The Labute approximate surface area is 150 Å². The molecule has 0 N–H and O–H groups in total. The van der Waals surface area contributed by atoms with E-state index < -0.39 is 0 Å². The predicted octanol–water partition coefficient (Wildman–Crippen LogP) is 4.81. The third-order valence-electron chi connectivity index (χ3n) is 8.45. The Bertz CT molecular complexity index is 698. The zero-order valence-corrected chi connectivity index (χ0v) is 16.0. The Morgan fingerprint density at radius 3 is 2.64 bits per heavy atom. The highest BCUT2D eigenvalue weighted by Crippen LogP contribution is 2.65. The van der Waals surface area contributed by atoms with Crippen LogP contribution in [0.3, 0.4) is 0 Å². The van der Waals surface area contributed by atoms with Crippen molar-refractivity contribution < 1.29 is 14.3 Å². The van der Waals surface area contributed by atoms with Crippen LogP contribution in [0.5, 0.6) is 0 Å². The molecule has 6 atom stereocenters. The molecule has 0 aromatic heterocycles. The maximum Gasteiger partial charge on any atom is 0.308 e. The number of hydrogen-bond acceptors (Lipinski definition) is 3. The summed E-state index contributed by atoms with van der Waals surface area (Å²) in [6, 6.07) is 0. The van der Waals surface area contributed by atoms with Gasteiger partial charge in [-0.2, -0.15) is 0 Å². The van der Waals surface area contributed by atoms with E-state index in [1.54, 1.807) is 0 Å². The molecule has 0 bridgehead atoms. The van der Waals surface area contributed by atoms with Crippen molar-refractivity contribution in [2.45, 2.75) is 72.6 Å². The Morgan fingerprint density at radius 1 is 1.16 bits per heavy atom. The van der Waals surface area contributed by atoms with Gasteiger partial charge in [-0.1, -0.05) is 19.6 Å². The lowest BCUT2D eigenvalue weighted by atomic mass is 9.45. The van der Waals surface area contributed by atoms with Crippen molar-refractivity contribution in [1.82, 2.24) is 0 Å². The zero-order valence-electron chi connectivity index (χ0n) is 16.0. The number of Topliss-reactive ketones (excluding diaryl/α,β-unsaturated/α-hetero) is 1. The Kier molecular flexibility index (Phi) is 3.81. The number of allylic oxidation sites excluding steroid dienone is 1. The largest absolute Gasteiger partial charge is 0.423 e. The Morgan fingerprint density at radius 2 is 1.92 bits per heavy atom. The second kappa shape index (κ2) is 5.58. The molecule has 0 aromatic rings. The van der Waals surface area contributed by atoms with Gasteiger partial charge >= 0.3 is 5.97 Å². The van der Waals surface area contributed by atoms with Gasteiger partial charge in [0.15, 0.2) is 0 Å². The number of ether oxygens (including phenoxy) is 1. The quantitative estimate of drug-likeness (QED) is 0.507. The molecular weight excluding hydrogens is 312 g/mol. The zero-order chi connectivity index (χ0) is 18.0. The van der Waals surface area contributed by atoms with E-state index in [1.165, 1.54) is 25.3 Å². The standard InChI is InChI=1S/C22H30O3/c1-13-11-16(25-14(2)23)12-15-5-6-17-18-7-8-20(24)21(18,3)10-9-19(17)22(13,15)4/h15,17-19H,5-10,12H2,1-4H3. The number of carbonyl (C=O) groups is 2. The van der Waals surface area contributed by atoms with Gasteiger partial charge in [-0.15, -0.1) is 0 Å². The molecule has 0 spiro atoms. The van der Waals surface area contributed by atoms with E-state index in [4.69, 9.17) is 4.74 Å². The van der Waals surface area contributed by atoms with Crippen molar-refractivity contribution in [3.63, 3.8) is 0 Å². The van der Waals surface area contributed by atoms with Crippen LogP contribution in [0.2, 0.25) is 0 Å². The summed E-state index contributed by atoms with van der Waals surface area (Å²) in [5.74, 6) is 3.40. The molecule has 4 aliphatic rings. The molecule has 0 aromatic carbocycles. The van der Waals surface area contributed by atoms with Gasteiger partial charge in [0, 0.05) is 30.6 Å². The first-order valence-corrected chi connectivity index (χ1v) is 9.95. The minimum Gasteiger partial charge on any atom is -0.423 e. The van der Waals surface area contributed by atoms with Gasteiger partial charge in [0.2, 0.25) is 0 Å². The fourth-order valence-corrected chi connectivity index (χ4v) is 6.96. The predicted molar refractivity (Wildman–Crippen MR) is 95.5 cm³/mol. The molecule has 136 valence electrons. The molecule has 4 rings (SSSR count). The lowest BCUT2D eigenvalue weighted by molar-refractivity contribution is -0.138. The van der Waals surface area contributed by atoms with E-state index in [2.05, 4.69) is 26.5 Å². The summed E-state index contributed by atoms with van der Waals surface area (Å²) in [6.45, 7) is 8.29. The lowest BCUT2D eigenvalue weighted by Gasteiger charge is -2.58. The second-order valence-corrected chi connectivity index (χ2v) is 9.32. The molecule has 0 radical (unpaired) electrons. The number of hydrogen-bond donors (Lipinski definition) is 0. The van der Waals surface area contributed by atoms with E-state index in [1.807, 2.05) is 0 Å². The number of carbonyl (C=O) groups excluding carboxylic acids is 2. The molecule has 6 unspecified atom stereocenters. The maximum atomic E-state index is 12.5. The van der Waals surface area contributed by atoms with Crippen LogP contribution in [-0.4, -0.2) is 11.8 Å². The molecule has 3 fully saturated rings. The van der Waals surface area contributed by atoms with Crippen molar-refractivity contribution in [3.8, 4) is 0 Å². The summed E-state index contributed by atoms with van der Waals surface area (Å²) >= 11 is 0. The number of esters is 1. The molecule has 3 heteroatoms. The smallest absolute Gasteiger partial charge is 0.308 e. The molecule has 3 saturated carbocycles. The Balaban J connectivity index is 1.70. The normalized spacial score (nSPS) is 45.7. The van der Waals surface area contributed by atoms with Crippen LogP contribution in [-0.2, 0) is 14.3 Å². The van der Waals surface area contributed by atoms with E-state index in [9.17, 15) is 9.59 Å². The number of rotatable bonds is 1. The first-order chi connectivity index (χ1) is 11.8. The average Bonchev–Trinajstić information content (AvgIpc) is 2.84. The molecule has 25 heavy (non-hydrogen) atoms. The molecule has 0 aliphatic heterocycles. The van der Waals surface area contributed by atoms with Crippen molar-refractivity contribution in [3.05, 3.63) is 17.1 Å². The minimum absolute atomic E-state index is 0.0601. The molecule has 0 amide bonds. The van der Waals surface area contributed by atoms with Crippen LogP contribution in [0.1, 0.15) is 72.6 Å². The molecule has 3 nitrogen and oxygen atoms in total. The molecule has 0 saturated heterocycles. The van der Waals surface area contributed by atoms with Crippen LogP contribution in [0.4, 0.5) is 0 Å². The third-order valence-corrected chi connectivity index (χ3v) is 8.45. The first kappa shape index (κ1) is 17.1. The fourth-order valence-electron chi connectivity index (χ4n) is 6.96. The SMILES string of the molecule is CC(=O)OC1=C=C(C)C2(C)C(CCC3C4CCC(=O)C4(C)CCC32)C1. The maximum absolute atomic E-state index is 12.5. The van der Waals surface area contributed by atoms with Crippen molar-refractivity contribution >= 4 is 11.8 Å². The van der Waals surface area contributed by atoms with Crippen molar-refractivity contribution in [2.75, 3.05) is 0 Å². The summed E-state index contributed by atoms with van der Waals surface area (Å²) in [4.78, 5) is 23.9. The third kappa shape index (κ3) is 2.31. The summed E-state index contributed by atoms with van der Waals surface area (Å²) < 4.78 is 5.39. The summed E-state index contributed by atoms with van der Waals surface area (Å²) in [5, 5.41) is 0. The average molecular weight is 342 g/mol. The number of fused-ring (bicyclic) bond motifs is 5. The van der Waals surface area contributed by atoms with Gasteiger partial charge in [0.25, 0.3) is 0 Å².